The average Bonchev–Trinajstić information content (AvgIpc) is 3.70. The molecule has 2 aliphatic heterocycles. The van der Waals surface area contributed by atoms with Crippen LogP contribution in [0.5, 0.6) is 11.5 Å². The summed E-state index contributed by atoms with van der Waals surface area (Å²) in [7, 11) is 0. The second kappa shape index (κ2) is 13.8. The van der Waals surface area contributed by atoms with Crippen molar-refractivity contribution in [2.24, 2.45) is 5.73 Å². The third-order valence-electron chi connectivity index (χ3n) is 5.17. The number of imide groups is 1. The van der Waals surface area contributed by atoms with Gasteiger partial charge in [0.25, 0.3) is 11.8 Å². The van der Waals surface area contributed by atoms with Gasteiger partial charge >= 0.3 is 0 Å². The monoisotopic (exact) mass is 656 g/mol. The van der Waals surface area contributed by atoms with Crippen LogP contribution in [-0.4, -0.2) is 65.4 Å². The van der Waals surface area contributed by atoms with Crippen LogP contribution in [0.1, 0.15) is 20.7 Å². The van der Waals surface area contributed by atoms with Gasteiger partial charge in [-0.2, -0.15) is 0 Å². The molecule has 38 heavy (non-hydrogen) atoms. The van der Waals surface area contributed by atoms with Crippen LogP contribution in [0.25, 0.3) is 0 Å². The van der Waals surface area contributed by atoms with Gasteiger partial charge in [0.15, 0.2) is 0 Å². The highest BCUT2D eigenvalue weighted by molar-refractivity contribution is 9.10. The number of phenolic OH excluding ortho intramolecular Hbond substituents is 1. The van der Waals surface area contributed by atoms with Crippen LogP contribution in [0.2, 0.25) is 0 Å². The van der Waals surface area contributed by atoms with Gasteiger partial charge in [-0.3, -0.25) is 14.5 Å². The number of aliphatic hydroxyl groups is 1. The molecular weight excluding hydrogens is 634 g/mol. The highest BCUT2D eigenvalue weighted by Crippen LogP contribution is 2.26. The smallest absolute Gasteiger partial charge is 0.261 e. The molecule has 1 saturated heterocycles. The molecule has 1 fully saturated rings. The van der Waals surface area contributed by atoms with Crippen molar-refractivity contribution in [2.75, 3.05) is 26.3 Å². The predicted molar refractivity (Wildman–Crippen MR) is 142 cm³/mol. The van der Waals surface area contributed by atoms with Crippen molar-refractivity contribution < 1.29 is 38.1 Å². The fourth-order valence-corrected chi connectivity index (χ4v) is 3.72. The van der Waals surface area contributed by atoms with Crippen LogP contribution in [0.15, 0.2) is 69.6 Å². The van der Waals surface area contributed by atoms with Crippen LogP contribution in [-0.2, 0) is 4.74 Å². The van der Waals surface area contributed by atoms with Crippen LogP contribution in [0, 0.1) is 11.6 Å². The van der Waals surface area contributed by atoms with Gasteiger partial charge in [0, 0.05) is 18.7 Å². The SMILES string of the molecule is NC[C@@H](O)COc1cc(F)ccc1Br.O=C1c2ccccc2C(=O)N1C[C@@H]1CO1.Oc1cc(F)ccc1Br. The fourth-order valence-electron chi connectivity index (χ4n) is 3.11. The molecule has 8 nitrogen and oxygen atoms in total. The molecule has 5 rings (SSSR count). The number of rotatable bonds is 6. The van der Waals surface area contributed by atoms with E-state index >= 15 is 0 Å². The lowest BCUT2D eigenvalue weighted by molar-refractivity contribution is 0.0642. The van der Waals surface area contributed by atoms with E-state index in [1.165, 1.54) is 29.2 Å². The van der Waals surface area contributed by atoms with E-state index in [1.54, 1.807) is 30.3 Å². The lowest BCUT2D eigenvalue weighted by atomic mass is 10.1. The Bertz CT molecular complexity index is 1260. The summed E-state index contributed by atoms with van der Waals surface area (Å²) in [6, 6.07) is 14.8. The zero-order valence-corrected chi connectivity index (χ0v) is 23.0. The zero-order chi connectivity index (χ0) is 27.8. The van der Waals surface area contributed by atoms with Crippen LogP contribution >= 0.6 is 31.9 Å². The van der Waals surface area contributed by atoms with E-state index in [0.29, 0.717) is 39.0 Å². The number of hydrogen-bond acceptors (Lipinski definition) is 7. The molecule has 0 unspecified atom stereocenters. The van der Waals surface area contributed by atoms with Crippen molar-refractivity contribution in [2.45, 2.75) is 12.2 Å². The van der Waals surface area contributed by atoms with Crippen molar-refractivity contribution in [3.63, 3.8) is 0 Å². The maximum Gasteiger partial charge on any atom is 0.261 e. The summed E-state index contributed by atoms with van der Waals surface area (Å²) in [6.45, 7) is 1.20. The van der Waals surface area contributed by atoms with Gasteiger partial charge in [0.1, 0.15) is 35.8 Å². The van der Waals surface area contributed by atoms with E-state index in [-0.39, 0.29) is 42.6 Å². The van der Waals surface area contributed by atoms with Crippen LogP contribution in [0.3, 0.4) is 0 Å². The number of amides is 2. The molecule has 3 aromatic rings. The molecule has 2 heterocycles. The minimum Gasteiger partial charge on any atom is -0.507 e. The average molecular weight is 658 g/mol. The summed E-state index contributed by atoms with van der Waals surface area (Å²) in [6.07, 6.45) is -0.683. The summed E-state index contributed by atoms with van der Waals surface area (Å²) in [5.74, 6) is -0.939. The van der Waals surface area contributed by atoms with E-state index < -0.39 is 11.9 Å². The van der Waals surface area contributed by atoms with E-state index in [4.69, 9.17) is 25.4 Å². The largest absolute Gasteiger partial charge is 0.507 e. The first-order valence-electron chi connectivity index (χ1n) is 11.3. The molecular formula is C26H24Br2F2N2O6. The number of nitrogens with zero attached hydrogens (tertiary/aromatic N) is 1. The predicted octanol–water partition coefficient (Wildman–Crippen LogP) is 4.26. The number of carbonyl (C=O) groups is 2. The molecule has 2 atom stereocenters. The van der Waals surface area contributed by atoms with Crippen molar-refractivity contribution in [1.82, 2.24) is 4.90 Å². The van der Waals surface area contributed by atoms with Gasteiger partial charge in [0.05, 0.1) is 39.3 Å². The number of aromatic hydroxyl groups is 1. The first kappa shape index (κ1) is 29.7. The maximum absolute atomic E-state index is 12.8. The second-order valence-electron chi connectivity index (χ2n) is 8.09. The molecule has 4 N–H and O–H groups in total. The van der Waals surface area contributed by atoms with Crippen molar-refractivity contribution >= 4 is 43.7 Å². The highest BCUT2D eigenvalue weighted by Gasteiger charge is 2.39. The zero-order valence-electron chi connectivity index (χ0n) is 19.8. The van der Waals surface area contributed by atoms with Gasteiger partial charge in [-0.15, -0.1) is 0 Å². The number of epoxide rings is 1. The minimum atomic E-state index is -0.731. The number of halogens is 4. The number of benzene rings is 3. The number of carbonyl (C=O) groups excluding carboxylic acids is 2. The topological polar surface area (TPSA) is 126 Å². The third-order valence-corrected chi connectivity index (χ3v) is 6.50. The molecule has 0 aliphatic carbocycles. The second-order valence-corrected chi connectivity index (χ2v) is 9.80. The molecule has 12 heteroatoms. The van der Waals surface area contributed by atoms with E-state index in [1.807, 2.05) is 0 Å². The fraction of sp³-hybridized carbons (Fsp3) is 0.231. The summed E-state index contributed by atoms with van der Waals surface area (Å²) in [5.41, 5.74) is 6.19. The van der Waals surface area contributed by atoms with Crippen molar-refractivity contribution in [1.29, 1.82) is 0 Å². The van der Waals surface area contributed by atoms with E-state index in [9.17, 15) is 18.4 Å². The molecule has 0 bridgehead atoms. The van der Waals surface area contributed by atoms with Crippen LogP contribution < -0.4 is 10.5 Å². The highest BCUT2D eigenvalue weighted by atomic mass is 79.9. The van der Waals surface area contributed by atoms with Gasteiger partial charge in [-0.1, -0.05) is 12.1 Å². The lowest BCUT2D eigenvalue weighted by Gasteiger charge is -2.11. The lowest BCUT2D eigenvalue weighted by Crippen LogP contribution is -2.33. The van der Waals surface area contributed by atoms with Crippen molar-refractivity contribution in [3.05, 3.63) is 92.4 Å². The van der Waals surface area contributed by atoms with E-state index in [2.05, 4.69) is 31.9 Å². The summed E-state index contributed by atoms with van der Waals surface area (Å²) in [4.78, 5) is 24.9. The molecule has 3 aromatic carbocycles. The van der Waals surface area contributed by atoms with Gasteiger partial charge < -0.3 is 25.4 Å². The van der Waals surface area contributed by atoms with E-state index in [0.717, 1.165) is 6.07 Å². The van der Waals surface area contributed by atoms with Crippen LogP contribution in [0.4, 0.5) is 8.78 Å². The Hall–Kier alpha value is -2.90. The first-order chi connectivity index (χ1) is 18.1. The number of aliphatic hydroxyl groups excluding tert-OH is 1. The van der Waals surface area contributed by atoms with Gasteiger partial charge in [0.2, 0.25) is 0 Å². The summed E-state index contributed by atoms with van der Waals surface area (Å²) in [5, 5.41) is 17.9. The minimum absolute atomic E-state index is 0.0483. The number of hydrogen-bond donors (Lipinski definition) is 3. The number of fused-ring (bicyclic) bond motifs is 1. The molecule has 0 radical (unpaired) electrons. The summed E-state index contributed by atoms with van der Waals surface area (Å²) >= 11 is 6.21. The Kier molecular flexibility index (Phi) is 10.7. The quantitative estimate of drug-likeness (QED) is 0.267. The molecule has 0 aromatic heterocycles. The molecule has 0 spiro atoms. The Morgan fingerprint density at radius 2 is 1.55 bits per heavy atom. The Labute approximate surface area is 234 Å². The first-order valence-corrected chi connectivity index (χ1v) is 12.9. The normalized spacial score (nSPS) is 16.1. The molecule has 2 aliphatic rings. The maximum atomic E-state index is 12.8. The molecule has 202 valence electrons. The molecule has 2 amide bonds. The number of phenols is 1. The number of nitrogens with two attached hydrogens (primary N) is 1. The number of ether oxygens (including phenoxy) is 2. The molecule has 0 saturated carbocycles. The third kappa shape index (κ3) is 8.30. The standard InChI is InChI=1S/C11H9NO3.C9H11BrFNO2.C6H4BrFO/c13-10-8-3-1-2-4-9(8)11(14)12(10)5-7-6-15-7;10-8-2-1-6(11)3-9(8)14-5-7(13)4-12;7-5-2-1-4(8)3-6(5)9/h1-4,7H,5-6H2;1-3,7,13H,4-5,12H2;1-3,9H/t2*7-;/m11./s1. The Balaban J connectivity index is 0.000000163. The van der Waals surface area contributed by atoms with Gasteiger partial charge in [-0.05, 0) is 68.3 Å². The summed E-state index contributed by atoms with van der Waals surface area (Å²) < 4.78 is 36.3. The Morgan fingerprint density at radius 1 is 1.00 bits per heavy atom. The Morgan fingerprint density at radius 3 is 2.05 bits per heavy atom. The van der Waals surface area contributed by atoms with Gasteiger partial charge in [-0.25, -0.2) is 8.78 Å². The van der Waals surface area contributed by atoms with Crippen molar-refractivity contribution in [3.8, 4) is 11.5 Å².